The quantitative estimate of drug-likeness (QED) is 0.472. The maximum absolute atomic E-state index is 12.3. The second-order valence-electron chi connectivity index (χ2n) is 6.30. The number of ether oxygens (including phenoxy) is 1. The highest BCUT2D eigenvalue weighted by Gasteiger charge is 2.26. The number of hydrogen-bond donors (Lipinski definition) is 0. The van der Waals surface area contributed by atoms with Crippen LogP contribution in [0.15, 0.2) is 18.5 Å². The smallest absolute Gasteiger partial charge is 0.348 e. The van der Waals surface area contributed by atoms with Gasteiger partial charge in [0.2, 0.25) is 11.2 Å². The van der Waals surface area contributed by atoms with Gasteiger partial charge in [0.05, 0.1) is 12.0 Å². The molecule has 8 nitrogen and oxygen atoms in total. The average Bonchev–Trinajstić information content (AvgIpc) is 3.05. The van der Waals surface area contributed by atoms with Crippen LogP contribution in [0.1, 0.15) is 22.2 Å². The Balaban J connectivity index is 1.64. The Hall–Kier alpha value is -2.52. The molecule has 4 rings (SSSR count). The molecule has 0 aliphatic carbocycles. The Labute approximate surface area is 171 Å². The molecule has 0 radical (unpaired) electrons. The van der Waals surface area contributed by atoms with Gasteiger partial charge in [-0.1, -0.05) is 0 Å². The summed E-state index contributed by atoms with van der Waals surface area (Å²) in [6.45, 7) is 7.03. The number of fused-ring (bicyclic) bond motifs is 1. The van der Waals surface area contributed by atoms with Crippen molar-refractivity contribution in [1.29, 1.82) is 0 Å². The number of esters is 1. The number of piperazine rings is 1. The Morgan fingerprint density at radius 1 is 1.18 bits per heavy atom. The standard InChI is InChI=1S/C18H19ClN6O2S/c1-3-27-16(26)13-11(2)12-14(22-17(19)23-15(12)28-13)24-7-9-25(10-8-24)18-20-5-4-6-21-18/h4-6H,3,7-10H2,1-2H3. The predicted octanol–water partition coefficient (Wildman–Crippen LogP) is 2.95. The van der Waals surface area contributed by atoms with Crippen molar-refractivity contribution < 1.29 is 9.53 Å². The Morgan fingerprint density at radius 3 is 2.54 bits per heavy atom. The molecule has 0 unspecified atom stereocenters. The lowest BCUT2D eigenvalue weighted by atomic mass is 10.2. The number of carbonyl (C=O) groups excluding carboxylic acids is 1. The SMILES string of the molecule is CCOC(=O)c1sc2nc(Cl)nc(N3CCN(c4ncccn4)CC3)c2c1C. The number of aryl methyl sites for hydroxylation is 1. The molecule has 0 atom stereocenters. The summed E-state index contributed by atoms with van der Waals surface area (Å²) in [6.07, 6.45) is 3.49. The van der Waals surface area contributed by atoms with Gasteiger partial charge in [-0.2, -0.15) is 4.98 Å². The third-order valence-corrected chi connectivity index (χ3v) is 5.95. The van der Waals surface area contributed by atoms with Gasteiger partial charge in [0.25, 0.3) is 0 Å². The van der Waals surface area contributed by atoms with Crippen LogP contribution in [0.5, 0.6) is 0 Å². The fourth-order valence-electron chi connectivity index (χ4n) is 3.29. The average molecular weight is 419 g/mol. The molecule has 3 aromatic heterocycles. The zero-order valence-electron chi connectivity index (χ0n) is 15.6. The number of anilines is 2. The topological polar surface area (TPSA) is 84.3 Å². The lowest BCUT2D eigenvalue weighted by Gasteiger charge is -2.35. The van der Waals surface area contributed by atoms with Crippen molar-refractivity contribution in [1.82, 2.24) is 19.9 Å². The molecule has 28 heavy (non-hydrogen) atoms. The molecule has 0 spiro atoms. The summed E-state index contributed by atoms with van der Waals surface area (Å²) >= 11 is 7.48. The summed E-state index contributed by atoms with van der Waals surface area (Å²) in [5.41, 5.74) is 0.832. The minimum Gasteiger partial charge on any atom is -0.462 e. The van der Waals surface area contributed by atoms with Crippen LogP contribution in [0, 0.1) is 6.92 Å². The molecule has 0 bridgehead atoms. The van der Waals surface area contributed by atoms with E-state index in [9.17, 15) is 4.79 Å². The summed E-state index contributed by atoms with van der Waals surface area (Å²) < 4.78 is 5.17. The van der Waals surface area contributed by atoms with Crippen LogP contribution in [0.2, 0.25) is 5.28 Å². The normalized spacial score (nSPS) is 14.5. The van der Waals surface area contributed by atoms with Crippen LogP contribution < -0.4 is 9.80 Å². The fourth-order valence-corrected chi connectivity index (χ4v) is 4.57. The molecule has 1 saturated heterocycles. The number of thiophene rings is 1. The first kappa shape index (κ1) is 18.8. The van der Waals surface area contributed by atoms with Crippen LogP contribution in [-0.2, 0) is 4.74 Å². The van der Waals surface area contributed by atoms with Gasteiger partial charge >= 0.3 is 5.97 Å². The van der Waals surface area contributed by atoms with Gasteiger partial charge in [-0.25, -0.2) is 19.7 Å². The third kappa shape index (κ3) is 3.47. The van der Waals surface area contributed by atoms with E-state index in [-0.39, 0.29) is 11.3 Å². The number of hydrogen-bond acceptors (Lipinski definition) is 9. The maximum atomic E-state index is 12.3. The van der Waals surface area contributed by atoms with Gasteiger partial charge < -0.3 is 14.5 Å². The van der Waals surface area contributed by atoms with E-state index < -0.39 is 0 Å². The highest BCUT2D eigenvalue weighted by atomic mass is 35.5. The Kier molecular flexibility index (Phi) is 5.27. The summed E-state index contributed by atoms with van der Waals surface area (Å²) in [4.78, 5) is 35.3. The molecule has 0 N–H and O–H groups in total. The molecule has 0 aromatic carbocycles. The van der Waals surface area contributed by atoms with E-state index >= 15 is 0 Å². The Morgan fingerprint density at radius 2 is 1.86 bits per heavy atom. The zero-order chi connectivity index (χ0) is 19.7. The second kappa shape index (κ2) is 7.84. The summed E-state index contributed by atoms with van der Waals surface area (Å²) in [6, 6.07) is 1.81. The Bertz CT molecular complexity index is 1000. The van der Waals surface area contributed by atoms with E-state index in [0.29, 0.717) is 16.3 Å². The first-order valence-electron chi connectivity index (χ1n) is 8.99. The minimum atomic E-state index is -0.337. The van der Waals surface area contributed by atoms with Gasteiger partial charge in [0.15, 0.2) is 0 Å². The minimum absolute atomic E-state index is 0.174. The highest BCUT2D eigenvalue weighted by Crippen LogP contribution is 2.37. The lowest BCUT2D eigenvalue weighted by molar-refractivity contribution is 0.0531. The third-order valence-electron chi connectivity index (χ3n) is 4.62. The first-order valence-corrected chi connectivity index (χ1v) is 10.2. The molecule has 1 aliphatic heterocycles. The molecule has 1 fully saturated rings. The van der Waals surface area contributed by atoms with E-state index in [1.54, 1.807) is 25.4 Å². The largest absolute Gasteiger partial charge is 0.462 e. The zero-order valence-corrected chi connectivity index (χ0v) is 17.1. The molecule has 4 heterocycles. The van der Waals surface area contributed by atoms with Crippen molar-refractivity contribution in [2.75, 3.05) is 42.6 Å². The van der Waals surface area contributed by atoms with E-state index in [2.05, 4.69) is 29.7 Å². The molecular formula is C18H19ClN6O2S. The van der Waals surface area contributed by atoms with Gasteiger partial charge in [-0.05, 0) is 37.1 Å². The van der Waals surface area contributed by atoms with Crippen LogP contribution in [0.25, 0.3) is 10.2 Å². The van der Waals surface area contributed by atoms with Crippen molar-refractivity contribution in [3.63, 3.8) is 0 Å². The molecule has 0 saturated carbocycles. The van der Waals surface area contributed by atoms with E-state index in [0.717, 1.165) is 48.9 Å². The number of aromatic nitrogens is 4. The summed E-state index contributed by atoms with van der Waals surface area (Å²) in [5.74, 6) is 1.15. The van der Waals surface area contributed by atoms with Gasteiger partial charge in [0.1, 0.15) is 15.5 Å². The highest BCUT2D eigenvalue weighted by molar-refractivity contribution is 7.20. The van der Waals surface area contributed by atoms with Crippen LogP contribution in [0.3, 0.4) is 0 Å². The van der Waals surface area contributed by atoms with Crippen molar-refractivity contribution in [3.05, 3.63) is 34.2 Å². The first-order chi connectivity index (χ1) is 13.6. The molecule has 10 heteroatoms. The van der Waals surface area contributed by atoms with Gasteiger partial charge in [0, 0.05) is 38.6 Å². The van der Waals surface area contributed by atoms with Crippen molar-refractivity contribution in [3.8, 4) is 0 Å². The summed E-state index contributed by atoms with van der Waals surface area (Å²) in [5, 5.41) is 1.04. The van der Waals surface area contributed by atoms with Crippen molar-refractivity contribution in [2.45, 2.75) is 13.8 Å². The molecule has 0 amide bonds. The molecular weight excluding hydrogens is 400 g/mol. The van der Waals surface area contributed by atoms with E-state index in [1.807, 2.05) is 6.92 Å². The van der Waals surface area contributed by atoms with Gasteiger partial charge in [-0.3, -0.25) is 0 Å². The lowest BCUT2D eigenvalue weighted by Crippen LogP contribution is -2.47. The van der Waals surface area contributed by atoms with Crippen molar-refractivity contribution in [2.24, 2.45) is 0 Å². The number of halogens is 1. The summed E-state index contributed by atoms with van der Waals surface area (Å²) in [7, 11) is 0. The monoisotopic (exact) mass is 418 g/mol. The van der Waals surface area contributed by atoms with Gasteiger partial charge in [-0.15, -0.1) is 11.3 Å². The van der Waals surface area contributed by atoms with E-state index in [1.165, 1.54) is 11.3 Å². The van der Waals surface area contributed by atoms with Crippen LogP contribution in [-0.4, -0.2) is 58.7 Å². The molecule has 146 valence electrons. The van der Waals surface area contributed by atoms with Crippen LogP contribution >= 0.6 is 22.9 Å². The maximum Gasteiger partial charge on any atom is 0.348 e. The number of nitrogens with zero attached hydrogens (tertiary/aromatic N) is 6. The predicted molar refractivity (Wildman–Crippen MR) is 110 cm³/mol. The van der Waals surface area contributed by atoms with E-state index in [4.69, 9.17) is 16.3 Å². The fraction of sp³-hybridized carbons (Fsp3) is 0.389. The number of rotatable bonds is 4. The van der Waals surface area contributed by atoms with Crippen LogP contribution in [0.4, 0.5) is 11.8 Å². The van der Waals surface area contributed by atoms with Crippen molar-refractivity contribution >= 4 is 50.9 Å². The molecule has 1 aliphatic rings. The molecule has 3 aromatic rings. The number of carbonyl (C=O) groups is 1. The second-order valence-corrected chi connectivity index (χ2v) is 7.63.